The lowest BCUT2D eigenvalue weighted by Gasteiger charge is -2.15. The third-order valence-corrected chi connectivity index (χ3v) is 4.71. The van der Waals surface area contributed by atoms with E-state index in [0.717, 1.165) is 11.3 Å². The number of thiophene rings is 1. The second-order valence-corrected chi connectivity index (χ2v) is 5.90. The number of rotatable bonds is 5. The monoisotopic (exact) mass is 312 g/mol. The summed E-state index contributed by atoms with van der Waals surface area (Å²) in [6.45, 7) is 2.09. The third kappa shape index (κ3) is 2.92. The van der Waals surface area contributed by atoms with E-state index in [9.17, 15) is 5.11 Å². The van der Waals surface area contributed by atoms with Gasteiger partial charge in [-0.05, 0) is 24.6 Å². The normalized spacial score (nSPS) is 12.2. The van der Waals surface area contributed by atoms with Gasteiger partial charge in [0.15, 0.2) is 11.5 Å². The highest BCUT2D eigenvalue weighted by molar-refractivity contribution is 7.12. The number of aliphatic hydroxyl groups excluding tert-OH is 1. The summed E-state index contributed by atoms with van der Waals surface area (Å²) in [4.78, 5) is 2.10. The molecule has 0 aliphatic rings. The average Bonchev–Trinajstić information content (AvgIpc) is 2.95. The average molecular weight is 313 g/mol. The molecular weight excluding hydrogens is 296 g/mol. The first-order valence-corrected chi connectivity index (χ1v) is 7.48. The molecule has 0 aliphatic carbocycles. The summed E-state index contributed by atoms with van der Waals surface area (Å²) in [6, 6.07) is 7.34. The predicted octanol–water partition coefficient (Wildman–Crippen LogP) is 4.06. The lowest BCUT2D eigenvalue weighted by Crippen LogP contribution is -2.00. The van der Waals surface area contributed by atoms with Crippen molar-refractivity contribution in [2.75, 3.05) is 14.2 Å². The van der Waals surface area contributed by atoms with Gasteiger partial charge in [0, 0.05) is 21.4 Å². The van der Waals surface area contributed by atoms with Crippen LogP contribution in [0.25, 0.3) is 0 Å². The molecule has 0 saturated carbocycles. The van der Waals surface area contributed by atoms with Crippen LogP contribution >= 0.6 is 22.9 Å². The molecule has 1 unspecified atom stereocenters. The second kappa shape index (κ2) is 6.48. The molecule has 0 fully saturated rings. The smallest absolute Gasteiger partial charge is 0.162 e. The van der Waals surface area contributed by atoms with Gasteiger partial charge in [0.2, 0.25) is 0 Å². The number of hydrogen-bond acceptors (Lipinski definition) is 4. The maximum Gasteiger partial charge on any atom is 0.162 e. The Morgan fingerprint density at radius 3 is 2.40 bits per heavy atom. The molecule has 0 saturated heterocycles. The van der Waals surface area contributed by atoms with Crippen molar-refractivity contribution < 1.29 is 14.6 Å². The van der Waals surface area contributed by atoms with E-state index >= 15 is 0 Å². The second-order valence-electron chi connectivity index (χ2n) is 4.29. The molecule has 0 bridgehead atoms. The van der Waals surface area contributed by atoms with E-state index in [2.05, 4.69) is 6.92 Å². The molecule has 1 N–H and O–H groups in total. The zero-order chi connectivity index (χ0) is 14.7. The Balaban J connectivity index is 2.40. The van der Waals surface area contributed by atoms with Crippen molar-refractivity contribution in [3.8, 4) is 11.5 Å². The van der Waals surface area contributed by atoms with Crippen LogP contribution < -0.4 is 9.47 Å². The topological polar surface area (TPSA) is 38.7 Å². The van der Waals surface area contributed by atoms with Gasteiger partial charge >= 0.3 is 0 Å². The molecule has 108 valence electrons. The van der Waals surface area contributed by atoms with E-state index in [1.807, 2.05) is 12.1 Å². The van der Waals surface area contributed by atoms with E-state index < -0.39 is 6.10 Å². The van der Waals surface area contributed by atoms with Crippen molar-refractivity contribution >= 4 is 22.9 Å². The molecule has 2 rings (SSSR count). The van der Waals surface area contributed by atoms with Gasteiger partial charge in [0.1, 0.15) is 6.10 Å². The van der Waals surface area contributed by atoms with Crippen LogP contribution in [0.5, 0.6) is 11.5 Å². The zero-order valence-corrected chi connectivity index (χ0v) is 13.2. The molecule has 1 heterocycles. The van der Waals surface area contributed by atoms with Crippen molar-refractivity contribution in [1.29, 1.82) is 0 Å². The highest BCUT2D eigenvalue weighted by Crippen LogP contribution is 2.39. The fourth-order valence-corrected chi connectivity index (χ4v) is 3.18. The Morgan fingerprint density at radius 1 is 1.20 bits per heavy atom. The summed E-state index contributed by atoms with van der Waals surface area (Å²) in [5.41, 5.74) is 0.619. The van der Waals surface area contributed by atoms with E-state index in [4.69, 9.17) is 21.1 Å². The summed E-state index contributed by atoms with van der Waals surface area (Å²) in [5.74, 6) is 1.10. The van der Waals surface area contributed by atoms with Crippen molar-refractivity contribution in [3.63, 3.8) is 0 Å². The highest BCUT2D eigenvalue weighted by atomic mass is 35.5. The largest absolute Gasteiger partial charge is 0.493 e. The SMILES string of the molecule is CCc1ccc(C(O)c2cc(OC)c(OC)cc2Cl)s1. The van der Waals surface area contributed by atoms with E-state index in [1.54, 1.807) is 37.7 Å². The molecule has 1 atom stereocenters. The molecular formula is C15H17ClO3S. The van der Waals surface area contributed by atoms with E-state index in [1.165, 1.54) is 4.88 Å². The van der Waals surface area contributed by atoms with Crippen molar-refractivity contribution in [1.82, 2.24) is 0 Å². The highest BCUT2D eigenvalue weighted by Gasteiger charge is 2.19. The number of aryl methyl sites for hydroxylation is 1. The molecule has 1 aromatic carbocycles. The zero-order valence-electron chi connectivity index (χ0n) is 11.6. The van der Waals surface area contributed by atoms with Crippen LogP contribution in [-0.2, 0) is 6.42 Å². The lowest BCUT2D eigenvalue weighted by molar-refractivity contribution is 0.223. The summed E-state index contributed by atoms with van der Waals surface area (Å²) in [5, 5.41) is 11.0. The van der Waals surface area contributed by atoms with Gasteiger partial charge in [-0.15, -0.1) is 11.3 Å². The number of hydrogen-bond donors (Lipinski definition) is 1. The maximum atomic E-state index is 10.5. The van der Waals surface area contributed by atoms with Crippen molar-refractivity contribution in [3.05, 3.63) is 44.6 Å². The first kappa shape index (κ1) is 15.2. The molecule has 1 aromatic heterocycles. The van der Waals surface area contributed by atoms with Crippen LogP contribution in [0.3, 0.4) is 0 Å². The van der Waals surface area contributed by atoms with Gasteiger partial charge in [-0.25, -0.2) is 0 Å². The number of methoxy groups -OCH3 is 2. The fraction of sp³-hybridized carbons (Fsp3) is 0.333. The molecule has 5 heteroatoms. The minimum atomic E-state index is -0.757. The number of ether oxygens (including phenoxy) is 2. The Labute approximate surface area is 127 Å². The minimum absolute atomic E-state index is 0.460. The van der Waals surface area contributed by atoms with Gasteiger partial charge in [0.25, 0.3) is 0 Å². The summed E-state index contributed by atoms with van der Waals surface area (Å²) < 4.78 is 10.4. The van der Waals surface area contributed by atoms with Gasteiger partial charge < -0.3 is 14.6 Å². The third-order valence-electron chi connectivity index (χ3n) is 3.10. The first-order chi connectivity index (χ1) is 9.60. The molecule has 3 nitrogen and oxygen atoms in total. The Bertz CT molecular complexity index is 595. The lowest BCUT2D eigenvalue weighted by atomic mass is 10.1. The van der Waals surface area contributed by atoms with Crippen LogP contribution in [0.15, 0.2) is 24.3 Å². The van der Waals surface area contributed by atoms with Gasteiger partial charge in [-0.3, -0.25) is 0 Å². The maximum absolute atomic E-state index is 10.5. The molecule has 0 amide bonds. The fourth-order valence-electron chi connectivity index (χ4n) is 1.96. The summed E-state index contributed by atoms with van der Waals surface area (Å²) in [6.07, 6.45) is 0.199. The number of aliphatic hydroxyl groups is 1. The van der Waals surface area contributed by atoms with Crippen molar-refractivity contribution in [2.24, 2.45) is 0 Å². The molecule has 0 radical (unpaired) electrons. The van der Waals surface area contributed by atoms with Crippen LogP contribution in [0.1, 0.15) is 28.3 Å². The van der Waals surface area contributed by atoms with Gasteiger partial charge in [-0.1, -0.05) is 18.5 Å². The quantitative estimate of drug-likeness (QED) is 0.904. The Hall–Kier alpha value is -1.23. The number of halogens is 1. The van der Waals surface area contributed by atoms with E-state index in [-0.39, 0.29) is 0 Å². The van der Waals surface area contributed by atoms with Crippen LogP contribution in [0.2, 0.25) is 5.02 Å². The van der Waals surface area contributed by atoms with Gasteiger partial charge in [-0.2, -0.15) is 0 Å². The minimum Gasteiger partial charge on any atom is -0.493 e. The van der Waals surface area contributed by atoms with Gasteiger partial charge in [0.05, 0.1) is 19.2 Å². The van der Waals surface area contributed by atoms with Crippen LogP contribution in [0, 0.1) is 0 Å². The molecule has 2 aromatic rings. The summed E-state index contributed by atoms with van der Waals surface area (Å²) in [7, 11) is 3.11. The van der Waals surface area contributed by atoms with Crippen LogP contribution in [-0.4, -0.2) is 19.3 Å². The first-order valence-electron chi connectivity index (χ1n) is 6.28. The molecule has 20 heavy (non-hydrogen) atoms. The number of benzene rings is 1. The summed E-state index contributed by atoms with van der Waals surface area (Å²) >= 11 is 7.82. The Kier molecular flexibility index (Phi) is 4.91. The van der Waals surface area contributed by atoms with Crippen molar-refractivity contribution in [2.45, 2.75) is 19.4 Å². The standard InChI is InChI=1S/C15H17ClO3S/c1-4-9-5-6-14(20-9)15(17)10-7-12(18-2)13(19-3)8-11(10)16/h5-8,15,17H,4H2,1-3H3. The predicted molar refractivity (Wildman–Crippen MR) is 82.3 cm³/mol. The molecule has 0 aliphatic heterocycles. The molecule has 0 spiro atoms. The van der Waals surface area contributed by atoms with Crippen LogP contribution in [0.4, 0.5) is 0 Å². The Morgan fingerprint density at radius 2 is 1.85 bits per heavy atom. The van der Waals surface area contributed by atoms with E-state index in [0.29, 0.717) is 22.1 Å².